The summed E-state index contributed by atoms with van der Waals surface area (Å²) in [4.78, 5) is 0. The third-order valence-corrected chi connectivity index (χ3v) is 0.418. The van der Waals surface area contributed by atoms with Crippen LogP contribution in [0.4, 0.5) is 0 Å². The van der Waals surface area contributed by atoms with Gasteiger partial charge in [0.15, 0.2) is 0 Å². The van der Waals surface area contributed by atoms with Crippen molar-refractivity contribution in [3.63, 3.8) is 0 Å². The monoisotopic (exact) mass is 102 g/mol. The van der Waals surface area contributed by atoms with E-state index in [4.69, 9.17) is 16.6 Å². The fourth-order valence-corrected chi connectivity index (χ4v) is 0.245. The Bertz CT molecular complexity index is 83.1. The molecule has 0 aliphatic rings. The van der Waals surface area contributed by atoms with E-state index in [1.165, 1.54) is 0 Å². The summed E-state index contributed by atoms with van der Waals surface area (Å²) >= 11 is 0. The molecular weight excluding hydrogens is 92.1 g/mol. The average molecular weight is 102 g/mol. The zero-order valence-corrected chi connectivity index (χ0v) is 4.07. The van der Waals surface area contributed by atoms with Crippen molar-refractivity contribution in [3.05, 3.63) is 0 Å². The lowest BCUT2D eigenvalue weighted by Crippen LogP contribution is -2.71. The number of hydrogen-bond acceptors (Lipinski definition) is 1. The number of hydrogen-bond donors (Lipinski definition) is 4. The molecule has 0 radical (unpaired) electrons. The van der Waals surface area contributed by atoms with E-state index < -0.39 is 0 Å². The van der Waals surface area contributed by atoms with Crippen molar-refractivity contribution in [2.45, 2.75) is 6.42 Å². The van der Waals surface area contributed by atoms with Gasteiger partial charge in [0.25, 0.3) is 0 Å². The highest BCUT2D eigenvalue weighted by molar-refractivity contribution is 5.93. The maximum atomic E-state index is 6.66. The molecule has 0 atom stereocenters. The largest absolute Gasteiger partial charge is 0.387 e. The van der Waals surface area contributed by atoms with Crippen LogP contribution in [0.15, 0.2) is 0 Å². The van der Waals surface area contributed by atoms with Crippen LogP contribution in [-0.4, -0.2) is 11.7 Å². The van der Waals surface area contributed by atoms with E-state index in [0.29, 0.717) is 12.3 Å². The Hall–Kier alpha value is -0.900. The van der Waals surface area contributed by atoms with Gasteiger partial charge in [0.1, 0.15) is 12.3 Å². The van der Waals surface area contributed by atoms with Crippen molar-refractivity contribution in [2.24, 2.45) is 5.73 Å². The molecular formula is C3H10N4+2. The predicted octanol–water partition coefficient (Wildman–Crippen LogP) is -3.29. The Labute approximate surface area is 41.5 Å². The summed E-state index contributed by atoms with van der Waals surface area (Å²) in [5.74, 6) is 0.500. The second-order valence-corrected chi connectivity index (χ2v) is 1.36. The molecule has 7 heavy (non-hydrogen) atoms. The van der Waals surface area contributed by atoms with Crippen LogP contribution < -0.4 is 16.9 Å². The molecule has 0 rings (SSSR count). The van der Waals surface area contributed by atoms with E-state index in [1.54, 1.807) is 0 Å². The number of amidine groups is 2. The Balaban J connectivity index is 3.32. The molecule has 0 aromatic rings. The van der Waals surface area contributed by atoms with Crippen molar-refractivity contribution in [1.29, 1.82) is 5.41 Å². The third-order valence-electron chi connectivity index (χ3n) is 0.418. The van der Waals surface area contributed by atoms with Crippen LogP contribution in [0.25, 0.3) is 0 Å². The van der Waals surface area contributed by atoms with Crippen LogP contribution in [0.1, 0.15) is 6.42 Å². The van der Waals surface area contributed by atoms with E-state index >= 15 is 0 Å². The van der Waals surface area contributed by atoms with Gasteiger partial charge in [-0.15, -0.1) is 0 Å². The van der Waals surface area contributed by atoms with Gasteiger partial charge in [0.05, 0.1) is 0 Å². The molecule has 8 N–H and O–H groups in total. The molecule has 0 amide bonds. The van der Waals surface area contributed by atoms with Crippen LogP contribution in [0.2, 0.25) is 0 Å². The molecule has 0 saturated heterocycles. The lowest BCUT2D eigenvalue weighted by Gasteiger charge is -1.81. The summed E-state index contributed by atoms with van der Waals surface area (Å²) in [6.07, 6.45) is 0.306. The van der Waals surface area contributed by atoms with Gasteiger partial charge in [-0.2, -0.15) is 0 Å². The van der Waals surface area contributed by atoms with Crippen molar-refractivity contribution in [2.75, 3.05) is 0 Å². The molecule has 0 aromatic carbocycles. The number of rotatable bonds is 2. The highest BCUT2D eigenvalue weighted by Gasteiger charge is 1.98. The second-order valence-electron chi connectivity index (χ2n) is 1.36. The van der Waals surface area contributed by atoms with Crippen LogP contribution in [-0.2, 0) is 0 Å². The van der Waals surface area contributed by atoms with Gasteiger partial charge >= 0.3 is 5.84 Å². The molecule has 0 fully saturated rings. The summed E-state index contributed by atoms with van der Waals surface area (Å²) < 4.78 is 0. The molecule has 0 aliphatic carbocycles. The average Bonchev–Trinajstić information content (AvgIpc) is 1.27. The van der Waals surface area contributed by atoms with Gasteiger partial charge in [-0.25, -0.2) is 5.41 Å². The van der Waals surface area contributed by atoms with E-state index in [-0.39, 0.29) is 5.84 Å². The summed E-state index contributed by atoms with van der Waals surface area (Å²) in [6, 6.07) is 0. The van der Waals surface area contributed by atoms with Crippen LogP contribution >= 0.6 is 0 Å². The Kier molecular flexibility index (Phi) is 2.01. The lowest BCUT2D eigenvalue weighted by atomic mass is 10.4. The van der Waals surface area contributed by atoms with E-state index in [2.05, 4.69) is 5.73 Å². The minimum atomic E-state index is 0.0625. The highest BCUT2D eigenvalue weighted by Crippen LogP contribution is 1.64. The zero-order chi connectivity index (χ0) is 5.86. The fraction of sp³-hybridized carbons (Fsp3) is 0.333. The SMILES string of the molecule is N=C(N)CC(=[NH2+])[NH3+]. The molecule has 40 valence electrons. The highest BCUT2D eigenvalue weighted by atomic mass is 14.8. The first kappa shape index (κ1) is 6.10. The number of nitrogens with two attached hydrogens (primary N) is 2. The molecule has 4 nitrogen and oxygen atoms in total. The first-order chi connectivity index (χ1) is 3.13. The summed E-state index contributed by atoms with van der Waals surface area (Å²) in [5.41, 5.74) is 8.29. The smallest absolute Gasteiger partial charge is 0.337 e. The van der Waals surface area contributed by atoms with Crippen molar-refractivity contribution in [3.8, 4) is 0 Å². The van der Waals surface area contributed by atoms with Gasteiger partial charge in [-0.05, 0) is 0 Å². The fourth-order valence-electron chi connectivity index (χ4n) is 0.245. The maximum absolute atomic E-state index is 6.66. The van der Waals surface area contributed by atoms with E-state index in [0.717, 1.165) is 0 Å². The molecule has 0 aromatic heterocycles. The Morgan fingerprint density at radius 3 is 2.29 bits per heavy atom. The van der Waals surface area contributed by atoms with Gasteiger partial charge in [-0.1, -0.05) is 0 Å². The first-order valence-electron chi connectivity index (χ1n) is 1.89. The Morgan fingerprint density at radius 2 is 2.29 bits per heavy atom. The van der Waals surface area contributed by atoms with Crippen LogP contribution in [0, 0.1) is 5.41 Å². The molecule has 0 saturated carbocycles. The van der Waals surface area contributed by atoms with Crippen molar-refractivity contribution < 1.29 is 11.1 Å². The van der Waals surface area contributed by atoms with E-state index in [1.807, 2.05) is 0 Å². The molecule has 0 unspecified atom stereocenters. The van der Waals surface area contributed by atoms with Gasteiger partial charge in [0.2, 0.25) is 0 Å². The van der Waals surface area contributed by atoms with Crippen molar-refractivity contribution in [1.82, 2.24) is 0 Å². The van der Waals surface area contributed by atoms with Gasteiger partial charge in [-0.3, -0.25) is 11.1 Å². The van der Waals surface area contributed by atoms with Gasteiger partial charge < -0.3 is 5.73 Å². The number of quaternary nitrogens is 1. The Morgan fingerprint density at radius 1 is 1.86 bits per heavy atom. The van der Waals surface area contributed by atoms with Crippen LogP contribution in [0.5, 0.6) is 0 Å². The van der Waals surface area contributed by atoms with Crippen molar-refractivity contribution >= 4 is 11.7 Å². The quantitative estimate of drug-likeness (QED) is 0.213. The van der Waals surface area contributed by atoms with E-state index in [9.17, 15) is 0 Å². The molecule has 4 heteroatoms. The standard InChI is InChI=1S/C3H8N4/c4-2(5)1-3(6)7/h1H2,(H3,4,5)(H3,6,7)/p+2. The minimum absolute atomic E-state index is 0.0625. The summed E-state index contributed by atoms with van der Waals surface area (Å²) in [7, 11) is 0. The first-order valence-corrected chi connectivity index (χ1v) is 1.89. The summed E-state index contributed by atoms with van der Waals surface area (Å²) in [5, 5.41) is 11.7. The molecule has 0 heterocycles. The number of nitrogens with one attached hydrogen (secondary N) is 1. The summed E-state index contributed by atoms with van der Waals surface area (Å²) in [6.45, 7) is 0. The van der Waals surface area contributed by atoms with Gasteiger partial charge in [0, 0.05) is 0 Å². The lowest BCUT2D eigenvalue weighted by molar-refractivity contribution is -0.303. The van der Waals surface area contributed by atoms with Crippen LogP contribution in [0.3, 0.4) is 0 Å². The molecule has 0 bridgehead atoms. The normalized spacial score (nSPS) is 8.14. The zero-order valence-electron chi connectivity index (χ0n) is 4.07. The molecule has 0 aliphatic heterocycles. The predicted molar refractivity (Wildman–Crippen MR) is 26.4 cm³/mol. The minimum Gasteiger partial charge on any atom is -0.387 e. The topological polar surface area (TPSA) is 103 Å². The molecule has 0 spiro atoms. The third kappa shape index (κ3) is 5.10. The second kappa shape index (κ2) is 2.30. The maximum Gasteiger partial charge on any atom is 0.337 e.